The maximum Gasteiger partial charge on any atom is 0.269 e. The molecule has 3 rings (SSSR count). The summed E-state index contributed by atoms with van der Waals surface area (Å²) in [4.78, 5) is 19.2. The Morgan fingerprint density at radius 2 is 2.00 bits per heavy atom. The lowest BCUT2D eigenvalue weighted by Crippen LogP contribution is -2.16. The Labute approximate surface area is 122 Å². The Balaban J connectivity index is 1.84. The maximum absolute atomic E-state index is 10.7. The van der Waals surface area contributed by atoms with Crippen LogP contribution in [-0.2, 0) is 6.54 Å². The van der Waals surface area contributed by atoms with Crippen LogP contribution < -0.4 is 5.32 Å². The highest BCUT2D eigenvalue weighted by atomic mass is 16.6. The number of aromatic nitrogens is 2. The SMILES string of the molecule is Cc1cc(CNC2CC2)nc(-c2ccc([N+](=O)[O-])cc2)n1. The number of nitrogens with one attached hydrogen (secondary N) is 1. The summed E-state index contributed by atoms with van der Waals surface area (Å²) in [6.45, 7) is 2.66. The van der Waals surface area contributed by atoms with Gasteiger partial charge in [-0.05, 0) is 38.0 Å². The second-order valence-electron chi connectivity index (χ2n) is 5.28. The number of benzene rings is 1. The van der Waals surface area contributed by atoms with Crippen LogP contribution in [-0.4, -0.2) is 20.9 Å². The van der Waals surface area contributed by atoms with Crippen molar-refractivity contribution in [3.63, 3.8) is 0 Å². The summed E-state index contributed by atoms with van der Waals surface area (Å²) in [5, 5.41) is 14.1. The van der Waals surface area contributed by atoms with Crippen LogP contribution >= 0.6 is 0 Å². The second kappa shape index (κ2) is 5.57. The first-order valence-electron chi connectivity index (χ1n) is 6.94. The zero-order valence-corrected chi connectivity index (χ0v) is 11.7. The lowest BCUT2D eigenvalue weighted by molar-refractivity contribution is -0.384. The Morgan fingerprint density at radius 3 is 2.62 bits per heavy atom. The van der Waals surface area contributed by atoms with Crippen LogP contribution in [0.25, 0.3) is 11.4 Å². The molecule has 2 aromatic rings. The van der Waals surface area contributed by atoms with Crippen molar-refractivity contribution in [2.24, 2.45) is 0 Å². The summed E-state index contributed by atoms with van der Waals surface area (Å²) in [5.41, 5.74) is 2.70. The number of rotatable bonds is 5. The van der Waals surface area contributed by atoms with Crippen molar-refractivity contribution in [2.75, 3.05) is 0 Å². The van der Waals surface area contributed by atoms with E-state index in [2.05, 4.69) is 15.3 Å². The lowest BCUT2D eigenvalue weighted by Gasteiger charge is -2.07. The zero-order chi connectivity index (χ0) is 14.8. The Kier molecular flexibility index (Phi) is 3.62. The van der Waals surface area contributed by atoms with Gasteiger partial charge in [0.2, 0.25) is 0 Å². The van der Waals surface area contributed by atoms with E-state index in [0.717, 1.165) is 23.5 Å². The number of aryl methyl sites for hydroxylation is 1. The molecule has 6 heteroatoms. The fourth-order valence-corrected chi connectivity index (χ4v) is 2.12. The Hall–Kier alpha value is -2.34. The molecule has 1 fully saturated rings. The van der Waals surface area contributed by atoms with E-state index in [9.17, 15) is 10.1 Å². The first kappa shape index (κ1) is 13.6. The summed E-state index contributed by atoms with van der Waals surface area (Å²) < 4.78 is 0. The average molecular weight is 284 g/mol. The highest BCUT2D eigenvalue weighted by Crippen LogP contribution is 2.21. The van der Waals surface area contributed by atoms with Gasteiger partial charge in [0, 0.05) is 36.0 Å². The predicted octanol–water partition coefficient (Wildman–Crippen LogP) is 2.61. The minimum atomic E-state index is -0.411. The molecule has 0 amide bonds. The number of hydrogen-bond donors (Lipinski definition) is 1. The number of nitro benzene ring substituents is 1. The van der Waals surface area contributed by atoms with Crippen molar-refractivity contribution in [1.29, 1.82) is 0 Å². The smallest absolute Gasteiger partial charge is 0.269 e. The fourth-order valence-electron chi connectivity index (χ4n) is 2.12. The molecule has 21 heavy (non-hydrogen) atoms. The van der Waals surface area contributed by atoms with Crippen LogP contribution in [0.4, 0.5) is 5.69 Å². The molecule has 0 saturated heterocycles. The highest BCUT2D eigenvalue weighted by molar-refractivity contribution is 5.57. The van der Waals surface area contributed by atoms with E-state index in [1.165, 1.54) is 25.0 Å². The average Bonchev–Trinajstić information content (AvgIpc) is 3.29. The van der Waals surface area contributed by atoms with Crippen LogP contribution in [0.3, 0.4) is 0 Å². The molecular formula is C15H16N4O2. The van der Waals surface area contributed by atoms with Gasteiger partial charge in [-0.25, -0.2) is 9.97 Å². The number of hydrogen-bond acceptors (Lipinski definition) is 5. The van der Waals surface area contributed by atoms with Crippen molar-refractivity contribution >= 4 is 5.69 Å². The Bertz CT molecular complexity index is 666. The van der Waals surface area contributed by atoms with Crippen LogP contribution in [0.5, 0.6) is 0 Å². The minimum Gasteiger partial charge on any atom is -0.308 e. The van der Waals surface area contributed by atoms with Crippen LogP contribution in [0.15, 0.2) is 30.3 Å². The van der Waals surface area contributed by atoms with Crippen molar-refractivity contribution in [3.8, 4) is 11.4 Å². The molecule has 1 saturated carbocycles. The van der Waals surface area contributed by atoms with E-state index in [-0.39, 0.29) is 5.69 Å². The molecule has 1 N–H and O–H groups in total. The predicted molar refractivity (Wildman–Crippen MR) is 78.7 cm³/mol. The third-order valence-electron chi connectivity index (χ3n) is 3.39. The molecule has 0 atom stereocenters. The summed E-state index contributed by atoms with van der Waals surface area (Å²) in [5.74, 6) is 0.609. The molecule has 1 aromatic carbocycles. The van der Waals surface area contributed by atoms with Crippen molar-refractivity contribution in [1.82, 2.24) is 15.3 Å². The topological polar surface area (TPSA) is 81.0 Å². The van der Waals surface area contributed by atoms with Crippen molar-refractivity contribution in [3.05, 3.63) is 51.8 Å². The normalized spacial score (nSPS) is 14.1. The largest absolute Gasteiger partial charge is 0.308 e. The van der Waals surface area contributed by atoms with Gasteiger partial charge in [0.15, 0.2) is 5.82 Å². The van der Waals surface area contributed by atoms with E-state index < -0.39 is 4.92 Å². The van der Waals surface area contributed by atoms with Crippen LogP contribution in [0, 0.1) is 17.0 Å². The van der Waals surface area contributed by atoms with Crippen LogP contribution in [0.2, 0.25) is 0 Å². The molecule has 0 spiro atoms. The molecule has 1 aliphatic rings. The molecule has 0 bridgehead atoms. The molecule has 1 heterocycles. The van der Waals surface area contributed by atoms with Gasteiger partial charge in [-0.2, -0.15) is 0 Å². The van der Waals surface area contributed by atoms with E-state index in [1.54, 1.807) is 12.1 Å². The van der Waals surface area contributed by atoms with E-state index in [4.69, 9.17) is 0 Å². The monoisotopic (exact) mass is 284 g/mol. The maximum atomic E-state index is 10.7. The quantitative estimate of drug-likeness (QED) is 0.674. The van der Waals surface area contributed by atoms with Crippen LogP contribution in [0.1, 0.15) is 24.2 Å². The zero-order valence-electron chi connectivity index (χ0n) is 11.7. The molecule has 0 radical (unpaired) electrons. The fraction of sp³-hybridized carbons (Fsp3) is 0.333. The van der Waals surface area contributed by atoms with E-state index in [1.807, 2.05) is 13.0 Å². The third kappa shape index (κ3) is 3.41. The lowest BCUT2D eigenvalue weighted by atomic mass is 10.2. The highest BCUT2D eigenvalue weighted by Gasteiger charge is 2.20. The molecular weight excluding hydrogens is 268 g/mol. The number of nitrogens with zero attached hydrogens (tertiary/aromatic N) is 3. The summed E-state index contributed by atoms with van der Waals surface area (Å²) >= 11 is 0. The molecule has 1 aromatic heterocycles. The molecule has 0 aliphatic heterocycles. The van der Waals surface area contributed by atoms with Gasteiger partial charge in [-0.1, -0.05) is 0 Å². The first-order valence-corrected chi connectivity index (χ1v) is 6.94. The first-order chi connectivity index (χ1) is 10.1. The number of non-ortho nitro benzene ring substituents is 1. The molecule has 1 aliphatic carbocycles. The third-order valence-corrected chi connectivity index (χ3v) is 3.39. The van der Waals surface area contributed by atoms with Gasteiger partial charge in [-0.3, -0.25) is 10.1 Å². The summed E-state index contributed by atoms with van der Waals surface area (Å²) in [7, 11) is 0. The van der Waals surface area contributed by atoms with Crippen molar-refractivity contribution < 1.29 is 4.92 Å². The number of nitro groups is 1. The van der Waals surface area contributed by atoms with Crippen molar-refractivity contribution in [2.45, 2.75) is 32.4 Å². The second-order valence-corrected chi connectivity index (χ2v) is 5.28. The standard InChI is InChI=1S/C15H16N4O2/c1-10-8-13(9-16-12-4-5-12)18-15(17-10)11-2-6-14(7-3-11)19(20)21/h2-3,6-8,12,16H,4-5,9H2,1H3. The van der Waals surface area contributed by atoms with Gasteiger partial charge >= 0.3 is 0 Å². The summed E-state index contributed by atoms with van der Waals surface area (Å²) in [6.07, 6.45) is 2.47. The molecule has 108 valence electrons. The summed E-state index contributed by atoms with van der Waals surface area (Å²) in [6, 6.07) is 8.91. The van der Waals surface area contributed by atoms with Gasteiger partial charge in [0.05, 0.1) is 10.6 Å². The minimum absolute atomic E-state index is 0.0713. The van der Waals surface area contributed by atoms with Gasteiger partial charge in [0.1, 0.15) is 0 Å². The van der Waals surface area contributed by atoms with Gasteiger partial charge in [0.25, 0.3) is 5.69 Å². The van der Waals surface area contributed by atoms with E-state index in [0.29, 0.717) is 11.9 Å². The van der Waals surface area contributed by atoms with Gasteiger partial charge < -0.3 is 5.32 Å². The Morgan fingerprint density at radius 1 is 1.29 bits per heavy atom. The molecule has 6 nitrogen and oxygen atoms in total. The molecule has 0 unspecified atom stereocenters. The van der Waals surface area contributed by atoms with Gasteiger partial charge in [-0.15, -0.1) is 0 Å². The van der Waals surface area contributed by atoms with E-state index >= 15 is 0 Å².